The van der Waals surface area contributed by atoms with Crippen LogP contribution in [0.2, 0.25) is 0 Å². The molecule has 68 valence electrons. The van der Waals surface area contributed by atoms with E-state index in [-0.39, 0.29) is 0 Å². The molecule has 0 spiro atoms. The Balaban J connectivity index is 3.74. The van der Waals surface area contributed by atoms with Crippen LogP contribution in [-0.2, 0) is 10.2 Å². The van der Waals surface area contributed by atoms with Crippen LogP contribution in [0.25, 0.3) is 0 Å². The minimum absolute atomic E-state index is 0.337. The molecule has 0 aliphatic carbocycles. The van der Waals surface area contributed by atoms with Gasteiger partial charge in [0.15, 0.2) is 0 Å². The lowest BCUT2D eigenvalue weighted by Gasteiger charge is -2.07. The van der Waals surface area contributed by atoms with Gasteiger partial charge in [0, 0.05) is 13.1 Å². The first kappa shape index (κ1) is 10.9. The fourth-order valence-corrected chi connectivity index (χ4v) is 1.55. The topological polar surface area (TPSA) is 58.2 Å². The zero-order chi connectivity index (χ0) is 8.91. The lowest BCUT2D eigenvalue weighted by atomic mass is 10.2. The maximum absolute atomic E-state index is 10.9. The highest BCUT2D eigenvalue weighted by molar-refractivity contribution is 7.87. The average Bonchev–Trinajstić information content (AvgIpc) is 1.84. The molecule has 4 nitrogen and oxygen atoms in total. The van der Waals surface area contributed by atoms with Crippen molar-refractivity contribution >= 4 is 10.2 Å². The molecular formula is C6H16N2O2S. The Hall–Kier alpha value is -0.130. The highest BCUT2D eigenvalue weighted by Crippen LogP contribution is 1.88. The monoisotopic (exact) mass is 180 g/mol. The van der Waals surface area contributed by atoms with Crippen molar-refractivity contribution < 1.29 is 8.42 Å². The summed E-state index contributed by atoms with van der Waals surface area (Å²) in [7, 11) is -3.23. The Morgan fingerprint density at radius 1 is 1.27 bits per heavy atom. The Bertz CT molecular complexity index is 187. The van der Waals surface area contributed by atoms with Gasteiger partial charge in [-0.1, -0.05) is 20.8 Å². The van der Waals surface area contributed by atoms with Gasteiger partial charge in [0.2, 0.25) is 0 Å². The van der Waals surface area contributed by atoms with Crippen molar-refractivity contribution in [3.05, 3.63) is 0 Å². The van der Waals surface area contributed by atoms with Crippen molar-refractivity contribution in [1.82, 2.24) is 9.44 Å². The first-order chi connectivity index (χ1) is 4.98. The molecule has 0 saturated carbocycles. The first-order valence-corrected chi connectivity index (χ1v) is 5.20. The lowest BCUT2D eigenvalue weighted by Crippen LogP contribution is -2.38. The Kier molecular flexibility index (Phi) is 4.63. The third-order valence-electron chi connectivity index (χ3n) is 1.02. The van der Waals surface area contributed by atoms with Crippen LogP contribution in [0.3, 0.4) is 0 Å². The summed E-state index contributed by atoms with van der Waals surface area (Å²) in [6.45, 7) is 6.56. The summed E-state index contributed by atoms with van der Waals surface area (Å²) in [4.78, 5) is 0. The van der Waals surface area contributed by atoms with Crippen LogP contribution in [0, 0.1) is 5.92 Å². The predicted octanol–water partition coefficient (Wildman–Crippen LogP) is 0.0863. The molecule has 0 aliphatic rings. The molecule has 0 fully saturated rings. The fraction of sp³-hybridized carbons (Fsp3) is 1.00. The van der Waals surface area contributed by atoms with Gasteiger partial charge in [-0.3, -0.25) is 0 Å². The lowest BCUT2D eigenvalue weighted by molar-refractivity contribution is 0.549. The third kappa shape index (κ3) is 6.28. The van der Waals surface area contributed by atoms with E-state index in [0.717, 1.165) is 0 Å². The molecule has 2 N–H and O–H groups in total. The van der Waals surface area contributed by atoms with E-state index in [2.05, 4.69) is 9.44 Å². The molecule has 0 unspecified atom stereocenters. The zero-order valence-electron chi connectivity index (χ0n) is 7.22. The number of nitrogens with one attached hydrogen (secondary N) is 2. The molecule has 0 amide bonds. The van der Waals surface area contributed by atoms with E-state index in [1.807, 2.05) is 13.8 Å². The second-order valence-corrected chi connectivity index (χ2v) is 4.33. The number of hydrogen-bond donors (Lipinski definition) is 2. The van der Waals surface area contributed by atoms with E-state index in [1.54, 1.807) is 6.92 Å². The van der Waals surface area contributed by atoms with Crippen LogP contribution in [0.15, 0.2) is 0 Å². The molecule has 0 bridgehead atoms. The maximum Gasteiger partial charge on any atom is 0.276 e. The number of hydrogen-bond acceptors (Lipinski definition) is 2. The Morgan fingerprint density at radius 2 is 1.82 bits per heavy atom. The van der Waals surface area contributed by atoms with Crippen molar-refractivity contribution in [1.29, 1.82) is 0 Å². The second kappa shape index (κ2) is 4.69. The van der Waals surface area contributed by atoms with Crippen LogP contribution in [-0.4, -0.2) is 21.5 Å². The quantitative estimate of drug-likeness (QED) is 0.630. The molecule has 0 rings (SSSR count). The van der Waals surface area contributed by atoms with E-state index in [4.69, 9.17) is 0 Å². The Labute approximate surface area is 68.6 Å². The van der Waals surface area contributed by atoms with Gasteiger partial charge in [0.1, 0.15) is 0 Å². The summed E-state index contributed by atoms with van der Waals surface area (Å²) in [5.41, 5.74) is 0. The van der Waals surface area contributed by atoms with Crippen LogP contribution in [0.5, 0.6) is 0 Å². The molecule has 0 radical (unpaired) electrons. The molecular weight excluding hydrogens is 164 g/mol. The van der Waals surface area contributed by atoms with Gasteiger partial charge in [-0.15, -0.1) is 0 Å². The van der Waals surface area contributed by atoms with Crippen molar-refractivity contribution in [3.63, 3.8) is 0 Å². The largest absolute Gasteiger partial charge is 0.276 e. The normalized spacial score (nSPS) is 12.4. The standard InChI is InChI=1S/C6H16N2O2S/c1-4-7-11(9,10)8-5-6(2)3/h6-8H,4-5H2,1-3H3. The summed E-state index contributed by atoms with van der Waals surface area (Å²) in [6.07, 6.45) is 0. The van der Waals surface area contributed by atoms with Gasteiger partial charge < -0.3 is 0 Å². The molecule has 0 aromatic rings. The van der Waals surface area contributed by atoms with E-state index < -0.39 is 10.2 Å². The molecule has 5 heteroatoms. The average molecular weight is 180 g/mol. The summed E-state index contributed by atoms with van der Waals surface area (Å²) < 4.78 is 26.6. The van der Waals surface area contributed by atoms with Gasteiger partial charge >= 0.3 is 0 Å². The highest BCUT2D eigenvalue weighted by Gasteiger charge is 2.06. The van der Waals surface area contributed by atoms with Crippen LogP contribution in [0.1, 0.15) is 20.8 Å². The third-order valence-corrected chi connectivity index (χ3v) is 2.23. The van der Waals surface area contributed by atoms with E-state index >= 15 is 0 Å². The molecule has 0 aromatic heterocycles. The molecule has 0 saturated heterocycles. The Morgan fingerprint density at radius 3 is 2.18 bits per heavy atom. The van der Waals surface area contributed by atoms with E-state index in [1.165, 1.54) is 0 Å². The van der Waals surface area contributed by atoms with Gasteiger partial charge in [-0.05, 0) is 5.92 Å². The summed E-state index contributed by atoms with van der Waals surface area (Å²) in [5, 5.41) is 0. The number of rotatable bonds is 5. The second-order valence-electron chi connectivity index (χ2n) is 2.74. The van der Waals surface area contributed by atoms with Gasteiger partial charge in [-0.2, -0.15) is 8.42 Å². The minimum Gasteiger partial charge on any atom is -0.203 e. The summed E-state index contributed by atoms with van der Waals surface area (Å²) >= 11 is 0. The SMILES string of the molecule is CCNS(=O)(=O)NCC(C)C. The van der Waals surface area contributed by atoms with Crippen molar-refractivity contribution in [2.24, 2.45) is 5.92 Å². The van der Waals surface area contributed by atoms with Gasteiger partial charge in [-0.25, -0.2) is 9.44 Å². The smallest absolute Gasteiger partial charge is 0.203 e. The molecule has 0 atom stereocenters. The minimum atomic E-state index is -3.23. The maximum atomic E-state index is 10.9. The highest BCUT2D eigenvalue weighted by atomic mass is 32.2. The fourth-order valence-electron chi connectivity index (χ4n) is 0.517. The van der Waals surface area contributed by atoms with Crippen LogP contribution < -0.4 is 9.44 Å². The van der Waals surface area contributed by atoms with E-state index in [9.17, 15) is 8.42 Å². The molecule has 0 heterocycles. The zero-order valence-corrected chi connectivity index (χ0v) is 8.03. The molecule has 0 aliphatic heterocycles. The van der Waals surface area contributed by atoms with Gasteiger partial charge in [0.25, 0.3) is 10.2 Å². The van der Waals surface area contributed by atoms with Crippen molar-refractivity contribution in [2.75, 3.05) is 13.1 Å². The van der Waals surface area contributed by atoms with E-state index in [0.29, 0.717) is 19.0 Å². The predicted molar refractivity (Wildman–Crippen MR) is 45.4 cm³/mol. The summed E-state index contributed by atoms with van der Waals surface area (Å²) in [6, 6.07) is 0. The van der Waals surface area contributed by atoms with Gasteiger partial charge in [0.05, 0.1) is 0 Å². The molecule has 0 aromatic carbocycles. The van der Waals surface area contributed by atoms with Crippen molar-refractivity contribution in [2.45, 2.75) is 20.8 Å². The van der Waals surface area contributed by atoms with Crippen LogP contribution >= 0.6 is 0 Å². The molecule has 11 heavy (non-hydrogen) atoms. The summed E-state index contributed by atoms with van der Waals surface area (Å²) in [5.74, 6) is 0.337. The first-order valence-electron chi connectivity index (χ1n) is 3.72. The van der Waals surface area contributed by atoms with Crippen LogP contribution in [0.4, 0.5) is 0 Å². The van der Waals surface area contributed by atoms with Crippen molar-refractivity contribution in [3.8, 4) is 0 Å².